The monoisotopic (exact) mass is 426 g/mol. The molecule has 1 aliphatic heterocycles. The summed E-state index contributed by atoms with van der Waals surface area (Å²) in [7, 11) is -2.07. The van der Waals surface area contributed by atoms with Crippen molar-refractivity contribution < 1.29 is 22.3 Å². The second kappa shape index (κ2) is 6.38. The van der Waals surface area contributed by atoms with Crippen LogP contribution in [0.2, 0.25) is 19.6 Å². The van der Waals surface area contributed by atoms with Crippen LogP contribution in [0.3, 0.4) is 0 Å². The van der Waals surface area contributed by atoms with Gasteiger partial charge < -0.3 is 9.16 Å². The highest BCUT2D eigenvalue weighted by molar-refractivity contribution is 6.70. The van der Waals surface area contributed by atoms with Gasteiger partial charge in [0.05, 0.1) is 5.56 Å². The molecule has 1 atom stereocenters. The Morgan fingerprint density at radius 3 is 2.30 bits per heavy atom. The van der Waals surface area contributed by atoms with Crippen LogP contribution in [0.5, 0.6) is 5.75 Å². The predicted molar refractivity (Wildman–Crippen MR) is 115 cm³/mol. The molecule has 0 fully saturated rings. The average molecular weight is 427 g/mol. The van der Waals surface area contributed by atoms with Gasteiger partial charge in [-0.3, -0.25) is 0 Å². The standard InChI is InChI=1S/C24H21F3O2Si/c1-30(2,3)29-18-12-13-28-23-17-11-7-5-9-15(17)19-14-8-4-6-10-16(14)22(24(25,26)27)21(19)20(18)23/h4-12,22H,13H2,1-3H3. The van der Waals surface area contributed by atoms with Crippen molar-refractivity contribution in [2.45, 2.75) is 31.7 Å². The fourth-order valence-electron chi connectivity index (χ4n) is 4.60. The molecular formula is C24H21F3O2Si. The van der Waals surface area contributed by atoms with Crippen LogP contribution in [0, 0.1) is 0 Å². The van der Waals surface area contributed by atoms with Crippen LogP contribution >= 0.6 is 0 Å². The van der Waals surface area contributed by atoms with Crippen molar-refractivity contribution in [1.82, 2.24) is 0 Å². The summed E-state index contributed by atoms with van der Waals surface area (Å²) < 4.78 is 55.6. The molecule has 0 aromatic heterocycles. The Bertz CT molecular complexity index is 1210. The van der Waals surface area contributed by atoms with Gasteiger partial charge in [0.25, 0.3) is 0 Å². The molecule has 5 rings (SSSR count). The number of alkyl halides is 3. The normalized spacial score (nSPS) is 17.7. The molecule has 0 radical (unpaired) electrons. The molecule has 1 heterocycles. The molecular weight excluding hydrogens is 405 g/mol. The van der Waals surface area contributed by atoms with Crippen LogP contribution in [0.25, 0.3) is 27.7 Å². The molecule has 6 heteroatoms. The SMILES string of the molecule is C[Si](C)(C)OC1=CCOc2c1c1c(c3ccccc23)-c2ccccc2C1C(F)(F)F. The largest absolute Gasteiger partial charge is 0.544 e. The molecule has 3 aromatic carbocycles. The zero-order valence-corrected chi connectivity index (χ0v) is 17.9. The van der Waals surface area contributed by atoms with Crippen LogP contribution in [0.15, 0.2) is 54.6 Å². The van der Waals surface area contributed by atoms with Crippen LogP contribution in [-0.4, -0.2) is 21.1 Å². The van der Waals surface area contributed by atoms with Gasteiger partial charge in [0.2, 0.25) is 8.32 Å². The average Bonchev–Trinajstić information content (AvgIpc) is 3.02. The van der Waals surface area contributed by atoms with Crippen molar-refractivity contribution in [3.8, 4) is 16.9 Å². The van der Waals surface area contributed by atoms with E-state index in [2.05, 4.69) is 0 Å². The van der Waals surface area contributed by atoms with Gasteiger partial charge in [-0.2, -0.15) is 13.2 Å². The van der Waals surface area contributed by atoms with E-state index in [1.807, 2.05) is 43.9 Å². The molecule has 0 N–H and O–H groups in total. The number of hydrogen-bond acceptors (Lipinski definition) is 2. The number of halogens is 3. The zero-order chi connectivity index (χ0) is 21.3. The molecule has 2 aliphatic rings. The van der Waals surface area contributed by atoms with Gasteiger partial charge in [-0.05, 0) is 53.4 Å². The summed E-state index contributed by atoms with van der Waals surface area (Å²) in [5, 5.41) is 1.59. The van der Waals surface area contributed by atoms with Gasteiger partial charge in [-0.25, -0.2) is 0 Å². The summed E-state index contributed by atoms with van der Waals surface area (Å²) in [4.78, 5) is 0. The predicted octanol–water partition coefficient (Wildman–Crippen LogP) is 7.10. The Balaban J connectivity index is 1.94. The minimum absolute atomic E-state index is 0.251. The highest BCUT2D eigenvalue weighted by Crippen LogP contribution is 2.59. The van der Waals surface area contributed by atoms with Crippen LogP contribution < -0.4 is 4.74 Å². The van der Waals surface area contributed by atoms with Crippen molar-refractivity contribution in [2.24, 2.45) is 0 Å². The molecule has 0 amide bonds. The molecule has 1 unspecified atom stereocenters. The molecule has 0 spiro atoms. The van der Waals surface area contributed by atoms with E-state index < -0.39 is 20.4 Å². The maximum atomic E-state index is 14.5. The van der Waals surface area contributed by atoms with E-state index in [1.165, 1.54) is 0 Å². The molecule has 30 heavy (non-hydrogen) atoms. The second-order valence-electron chi connectivity index (χ2n) is 8.69. The number of benzene rings is 3. The van der Waals surface area contributed by atoms with Gasteiger partial charge in [0.15, 0.2) is 0 Å². The molecule has 0 saturated carbocycles. The fraction of sp³-hybridized carbons (Fsp3) is 0.250. The first-order chi connectivity index (χ1) is 14.2. The molecule has 1 aliphatic carbocycles. The van der Waals surface area contributed by atoms with E-state index in [1.54, 1.807) is 30.3 Å². The minimum Gasteiger partial charge on any atom is -0.544 e. The lowest BCUT2D eigenvalue weighted by atomic mass is 9.87. The Morgan fingerprint density at radius 1 is 0.933 bits per heavy atom. The second-order valence-corrected chi connectivity index (χ2v) is 13.1. The van der Waals surface area contributed by atoms with Crippen molar-refractivity contribution in [2.75, 3.05) is 6.61 Å². The summed E-state index contributed by atoms with van der Waals surface area (Å²) in [6, 6.07) is 14.4. The summed E-state index contributed by atoms with van der Waals surface area (Å²) >= 11 is 0. The van der Waals surface area contributed by atoms with Crippen LogP contribution in [0.1, 0.15) is 22.6 Å². The van der Waals surface area contributed by atoms with Gasteiger partial charge in [0.1, 0.15) is 24.0 Å². The molecule has 2 nitrogen and oxygen atoms in total. The topological polar surface area (TPSA) is 18.5 Å². The molecule has 154 valence electrons. The van der Waals surface area contributed by atoms with E-state index in [0.29, 0.717) is 28.2 Å². The van der Waals surface area contributed by atoms with Gasteiger partial charge in [-0.1, -0.05) is 48.5 Å². The first-order valence-corrected chi connectivity index (χ1v) is 13.3. The van der Waals surface area contributed by atoms with Crippen LogP contribution in [0.4, 0.5) is 13.2 Å². The van der Waals surface area contributed by atoms with E-state index >= 15 is 0 Å². The van der Waals surface area contributed by atoms with Crippen molar-refractivity contribution >= 4 is 24.8 Å². The lowest BCUT2D eigenvalue weighted by Gasteiger charge is -2.30. The van der Waals surface area contributed by atoms with E-state index in [9.17, 15) is 13.2 Å². The lowest BCUT2D eigenvalue weighted by Crippen LogP contribution is -2.27. The highest BCUT2D eigenvalue weighted by atomic mass is 28.4. The molecule has 0 bridgehead atoms. The first kappa shape index (κ1) is 19.2. The Kier molecular flexibility index (Phi) is 4.09. The van der Waals surface area contributed by atoms with E-state index in [0.717, 1.165) is 10.8 Å². The van der Waals surface area contributed by atoms with Crippen molar-refractivity contribution in [1.29, 1.82) is 0 Å². The Hall–Kier alpha value is -2.73. The van der Waals surface area contributed by atoms with E-state index in [-0.39, 0.29) is 17.7 Å². The van der Waals surface area contributed by atoms with Crippen LogP contribution in [-0.2, 0) is 4.43 Å². The third-order valence-corrected chi connectivity index (χ3v) is 6.36. The van der Waals surface area contributed by atoms with Gasteiger partial charge in [0, 0.05) is 5.39 Å². The van der Waals surface area contributed by atoms with Crippen molar-refractivity contribution in [3.63, 3.8) is 0 Å². The maximum Gasteiger partial charge on any atom is 0.399 e. The van der Waals surface area contributed by atoms with Crippen molar-refractivity contribution in [3.05, 3.63) is 71.3 Å². The summed E-state index contributed by atoms with van der Waals surface area (Å²) in [5.74, 6) is -0.709. The number of rotatable bonds is 2. The Morgan fingerprint density at radius 2 is 1.60 bits per heavy atom. The first-order valence-electron chi connectivity index (χ1n) is 9.94. The molecule has 0 saturated heterocycles. The smallest absolute Gasteiger partial charge is 0.399 e. The fourth-order valence-corrected chi connectivity index (χ4v) is 5.44. The van der Waals surface area contributed by atoms with E-state index in [4.69, 9.17) is 9.16 Å². The maximum absolute atomic E-state index is 14.5. The lowest BCUT2D eigenvalue weighted by molar-refractivity contribution is -0.140. The third-order valence-electron chi connectivity index (χ3n) is 5.52. The zero-order valence-electron chi connectivity index (χ0n) is 16.9. The summed E-state index contributed by atoms with van der Waals surface area (Å²) in [6.45, 7) is 6.36. The third kappa shape index (κ3) is 2.85. The van der Waals surface area contributed by atoms with Gasteiger partial charge >= 0.3 is 6.18 Å². The highest BCUT2D eigenvalue weighted by Gasteiger charge is 2.50. The number of hydrogen-bond donors (Lipinski definition) is 0. The summed E-state index contributed by atoms with van der Waals surface area (Å²) in [5.41, 5.74) is 2.26. The number of fused-ring (bicyclic) bond motifs is 8. The summed E-state index contributed by atoms with van der Waals surface area (Å²) in [6.07, 6.45) is -2.66. The Labute approximate surface area is 174 Å². The van der Waals surface area contributed by atoms with Gasteiger partial charge in [-0.15, -0.1) is 0 Å². The quantitative estimate of drug-likeness (QED) is 0.407. The molecule has 3 aromatic rings. The minimum atomic E-state index is -4.43. The number of ether oxygens (including phenoxy) is 1.